The zero-order valence-corrected chi connectivity index (χ0v) is 16.8. The summed E-state index contributed by atoms with van der Waals surface area (Å²) in [6, 6.07) is 11.9. The molecule has 0 bridgehead atoms. The Hall–Kier alpha value is -2.21. The van der Waals surface area contributed by atoms with E-state index in [-0.39, 0.29) is 6.10 Å². The molecule has 0 spiro atoms. The number of nitrogens with zero attached hydrogens (tertiary/aromatic N) is 4. The maximum atomic E-state index is 6.18. The predicted octanol–water partition coefficient (Wildman–Crippen LogP) is 4.32. The number of aromatic nitrogens is 3. The Kier molecular flexibility index (Phi) is 6.05. The Morgan fingerprint density at radius 3 is 3.00 bits per heavy atom. The lowest BCUT2D eigenvalue weighted by atomic mass is 10.0. The smallest absolute Gasteiger partial charge is 0.0968 e. The first kappa shape index (κ1) is 19.1. The molecule has 1 unspecified atom stereocenters. The number of rotatable bonds is 6. The van der Waals surface area contributed by atoms with Gasteiger partial charge in [0.05, 0.1) is 18.4 Å². The summed E-state index contributed by atoms with van der Waals surface area (Å²) in [5, 5.41) is 5.41. The normalized spacial score (nSPS) is 17.7. The van der Waals surface area contributed by atoms with Crippen LogP contribution in [0.1, 0.15) is 24.0 Å². The van der Waals surface area contributed by atoms with Crippen LogP contribution < -0.4 is 0 Å². The van der Waals surface area contributed by atoms with Gasteiger partial charge >= 0.3 is 0 Å². The minimum Gasteiger partial charge on any atom is -0.372 e. The first-order valence-corrected chi connectivity index (χ1v) is 10.1. The van der Waals surface area contributed by atoms with E-state index in [1.807, 2.05) is 42.2 Å². The van der Waals surface area contributed by atoms with Gasteiger partial charge in [-0.2, -0.15) is 5.10 Å². The van der Waals surface area contributed by atoms with Crippen LogP contribution >= 0.6 is 11.6 Å². The molecule has 146 valence electrons. The molecule has 1 saturated heterocycles. The highest BCUT2D eigenvalue weighted by atomic mass is 35.5. The van der Waals surface area contributed by atoms with E-state index < -0.39 is 0 Å². The van der Waals surface area contributed by atoms with Crippen molar-refractivity contribution in [3.8, 4) is 11.3 Å². The summed E-state index contributed by atoms with van der Waals surface area (Å²) in [5.74, 6) is 0. The molecule has 2 aromatic heterocycles. The van der Waals surface area contributed by atoms with E-state index in [9.17, 15) is 0 Å². The fraction of sp³-hybridized carbons (Fsp3) is 0.364. The Labute approximate surface area is 170 Å². The van der Waals surface area contributed by atoms with Crippen molar-refractivity contribution in [1.29, 1.82) is 0 Å². The second kappa shape index (κ2) is 8.86. The van der Waals surface area contributed by atoms with Crippen LogP contribution in [0.5, 0.6) is 0 Å². The van der Waals surface area contributed by atoms with Crippen LogP contribution in [-0.2, 0) is 24.9 Å². The predicted molar refractivity (Wildman–Crippen MR) is 111 cm³/mol. The molecule has 1 aromatic carbocycles. The van der Waals surface area contributed by atoms with Gasteiger partial charge in [-0.1, -0.05) is 29.8 Å². The highest BCUT2D eigenvalue weighted by molar-refractivity contribution is 6.30. The van der Waals surface area contributed by atoms with Crippen LogP contribution in [0.25, 0.3) is 11.3 Å². The highest BCUT2D eigenvalue weighted by Gasteiger charge is 2.22. The third kappa shape index (κ3) is 4.79. The maximum Gasteiger partial charge on any atom is 0.0968 e. The molecule has 4 rings (SSSR count). The molecule has 1 aliphatic heterocycles. The number of piperidine rings is 1. The zero-order valence-electron chi connectivity index (χ0n) is 16.1. The highest BCUT2D eigenvalue weighted by Crippen LogP contribution is 2.27. The summed E-state index contributed by atoms with van der Waals surface area (Å²) in [6.07, 6.45) is 8.26. The van der Waals surface area contributed by atoms with E-state index in [1.54, 1.807) is 6.20 Å². The van der Waals surface area contributed by atoms with E-state index in [0.29, 0.717) is 6.61 Å². The Balaban J connectivity index is 1.41. The number of halogens is 1. The summed E-state index contributed by atoms with van der Waals surface area (Å²) in [5.41, 5.74) is 4.40. The van der Waals surface area contributed by atoms with Crippen molar-refractivity contribution in [3.63, 3.8) is 0 Å². The molecule has 3 heterocycles. The molecule has 0 aliphatic carbocycles. The first-order valence-electron chi connectivity index (χ1n) is 9.69. The molecule has 0 radical (unpaired) electrons. The zero-order chi connectivity index (χ0) is 19.3. The average molecular weight is 397 g/mol. The van der Waals surface area contributed by atoms with Crippen molar-refractivity contribution in [3.05, 3.63) is 71.1 Å². The fourth-order valence-electron chi connectivity index (χ4n) is 3.76. The SMILES string of the molecule is Cn1cc(CN2CCCC(OCc3cccnc3)C2)c(-c2cccc(Cl)c2)n1. The van der Waals surface area contributed by atoms with Gasteiger partial charge in [0.2, 0.25) is 0 Å². The Morgan fingerprint density at radius 1 is 1.25 bits per heavy atom. The van der Waals surface area contributed by atoms with Gasteiger partial charge in [-0.25, -0.2) is 0 Å². The van der Waals surface area contributed by atoms with E-state index in [1.165, 1.54) is 5.56 Å². The monoisotopic (exact) mass is 396 g/mol. The number of benzene rings is 1. The van der Waals surface area contributed by atoms with E-state index in [0.717, 1.165) is 54.3 Å². The molecule has 0 amide bonds. The quantitative estimate of drug-likeness (QED) is 0.622. The largest absolute Gasteiger partial charge is 0.372 e. The molecule has 28 heavy (non-hydrogen) atoms. The summed E-state index contributed by atoms with van der Waals surface area (Å²) < 4.78 is 8.03. The number of ether oxygens (including phenoxy) is 1. The van der Waals surface area contributed by atoms with Gasteiger partial charge in [-0.05, 0) is 43.1 Å². The molecule has 1 atom stereocenters. The second-order valence-electron chi connectivity index (χ2n) is 7.36. The van der Waals surface area contributed by atoms with Gasteiger partial charge in [-0.15, -0.1) is 0 Å². The number of hydrogen-bond donors (Lipinski definition) is 0. The standard InChI is InChI=1S/C22H25ClN4O/c1-26-13-19(22(25-26)18-6-2-7-20(23)11-18)14-27-10-4-8-21(15-27)28-16-17-5-3-9-24-12-17/h2-3,5-7,9,11-13,21H,4,8,10,14-16H2,1H3. The number of pyridine rings is 1. The van der Waals surface area contributed by atoms with Crippen LogP contribution in [0.3, 0.4) is 0 Å². The van der Waals surface area contributed by atoms with Crippen molar-refractivity contribution < 1.29 is 4.74 Å². The summed E-state index contributed by atoms with van der Waals surface area (Å²) in [4.78, 5) is 6.62. The lowest BCUT2D eigenvalue weighted by Crippen LogP contribution is -2.39. The van der Waals surface area contributed by atoms with Gasteiger partial charge in [0, 0.05) is 54.9 Å². The molecular formula is C22H25ClN4O. The minimum atomic E-state index is 0.250. The van der Waals surface area contributed by atoms with Crippen LogP contribution in [0.2, 0.25) is 5.02 Å². The third-order valence-electron chi connectivity index (χ3n) is 5.07. The Bertz CT molecular complexity index is 912. The summed E-state index contributed by atoms with van der Waals surface area (Å²) in [7, 11) is 1.97. The number of hydrogen-bond acceptors (Lipinski definition) is 4. The van der Waals surface area contributed by atoms with Gasteiger partial charge in [-0.3, -0.25) is 14.6 Å². The Morgan fingerprint density at radius 2 is 2.18 bits per heavy atom. The van der Waals surface area contributed by atoms with Gasteiger partial charge in [0.15, 0.2) is 0 Å². The summed E-state index contributed by atoms with van der Waals surface area (Å²) in [6.45, 7) is 3.50. The molecule has 5 nitrogen and oxygen atoms in total. The second-order valence-corrected chi connectivity index (χ2v) is 7.80. The van der Waals surface area contributed by atoms with Crippen molar-refractivity contribution in [2.45, 2.75) is 32.1 Å². The molecule has 6 heteroatoms. The molecule has 0 saturated carbocycles. The van der Waals surface area contributed by atoms with Crippen molar-refractivity contribution >= 4 is 11.6 Å². The van der Waals surface area contributed by atoms with Gasteiger partial charge in [0.25, 0.3) is 0 Å². The fourth-order valence-corrected chi connectivity index (χ4v) is 3.95. The maximum absolute atomic E-state index is 6.18. The van der Waals surface area contributed by atoms with Crippen LogP contribution in [0.15, 0.2) is 55.0 Å². The average Bonchev–Trinajstić information content (AvgIpc) is 3.07. The topological polar surface area (TPSA) is 43.2 Å². The molecule has 0 N–H and O–H groups in total. The minimum absolute atomic E-state index is 0.250. The van der Waals surface area contributed by atoms with Gasteiger partial charge in [0.1, 0.15) is 0 Å². The number of likely N-dealkylation sites (tertiary alicyclic amines) is 1. The van der Waals surface area contributed by atoms with E-state index in [2.05, 4.69) is 33.3 Å². The third-order valence-corrected chi connectivity index (χ3v) is 5.30. The van der Waals surface area contributed by atoms with Crippen molar-refractivity contribution in [2.24, 2.45) is 7.05 Å². The molecule has 1 fully saturated rings. The molecule has 1 aliphatic rings. The van der Waals surface area contributed by atoms with Crippen LogP contribution in [-0.4, -0.2) is 38.9 Å². The van der Waals surface area contributed by atoms with Crippen LogP contribution in [0.4, 0.5) is 0 Å². The lowest BCUT2D eigenvalue weighted by Gasteiger charge is -2.32. The van der Waals surface area contributed by atoms with Crippen molar-refractivity contribution in [1.82, 2.24) is 19.7 Å². The van der Waals surface area contributed by atoms with Crippen molar-refractivity contribution in [2.75, 3.05) is 13.1 Å². The lowest BCUT2D eigenvalue weighted by molar-refractivity contribution is -0.0121. The molecular weight excluding hydrogens is 372 g/mol. The number of aryl methyl sites for hydroxylation is 1. The molecule has 3 aromatic rings. The van der Waals surface area contributed by atoms with E-state index in [4.69, 9.17) is 16.3 Å². The van der Waals surface area contributed by atoms with E-state index >= 15 is 0 Å². The van der Waals surface area contributed by atoms with Gasteiger partial charge < -0.3 is 4.74 Å². The summed E-state index contributed by atoms with van der Waals surface area (Å²) >= 11 is 6.18. The first-order chi connectivity index (χ1) is 13.7. The van der Waals surface area contributed by atoms with Crippen LogP contribution in [0, 0.1) is 0 Å².